The van der Waals surface area contributed by atoms with E-state index in [2.05, 4.69) is 33.4 Å². The summed E-state index contributed by atoms with van der Waals surface area (Å²) in [4.78, 5) is 17.9. The number of carbonyl (C=O) groups excluding carboxylic acids is 1. The van der Waals surface area contributed by atoms with E-state index in [9.17, 15) is 4.79 Å². The Hall–Kier alpha value is -1.31. The molecule has 0 amide bonds. The molecule has 1 atom stereocenters. The topological polar surface area (TPSA) is 53.9 Å². The highest BCUT2D eigenvalue weighted by molar-refractivity contribution is 14.0. The number of nitrogens with zero attached hydrogens (tertiary/aromatic N) is 2. The Morgan fingerprint density at radius 2 is 2.19 bits per heavy atom. The SMILES string of the molecule is CN=C(NCC(C)C(=O)OC)N1CCc2ccccc21.I. The first-order valence-corrected chi connectivity index (χ1v) is 6.81. The van der Waals surface area contributed by atoms with Gasteiger partial charge in [-0.3, -0.25) is 9.79 Å². The predicted molar refractivity (Wildman–Crippen MR) is 95.4 cm³/mol. The summed E-state index contributed by atoms with van der Waals surface area (Å²) in [6.45, 7) is 3.26. The van der Waals surface area contributed by atoms with E-state index < -0.39 is 0 Å². The van der Waals surface area contributed by atoms with Gasteiger partial charge in [-0.2, -0.15) is 0 Å². The normalized spacial score (nSPS) is 15.0. The number of anilines is 1. The molecule has 1 aliphatic rings. The van der Waals surface area contributed by atoms with Crippen LogP contribution in [-0.4, -0.2) is 39.2 Å². The Morgan fingerprint density at radius 3 is 2.86 bits per heavy atom. The van der Waals surface area contributed by atoms with Crippen LogP contribution in [0.4, 0.5) is 5.69 Å². The standard InChI is InChI=1S/C15H21N3O2.HI/c1-11(14(19)20-3)10-17-15(16-2)18-9-8-12-6-4-5-7-13(12)18;/h4-7,11H,8-10H2,1-3H3,(H,16,17);1H. The van der Waals surface area contributed by atoms with Gasteiger partial charge in [0.05, 0.1) is 13.0 Å². The highest BCUT2D eigenvalue weighted by Gasteiger charge is 2.23. The fourth-order valence-corrected chi connectivity index (χ4v) is 2.38. The molecule has 0 spiro atoms. The molecule has 1 aromatic rings. The van der Waals surface area contributed by atoms with E-state index in [1.54, 1.807) is 7.05 Å². The molecule has 21 heavy (non-hydrogen) atoms. The van der Waals surface area contributed by atoms with Gasteiger partial charge in [-0.05, 0) is 18.1 Å². The van der Waals surface area contributed by atoms with Crippen LogP contribution in [0.2, 0.25) is 0 Å². The van der Waals surface area contributed by atoms with E-state index >= 15 is 0 Å². The van der Waals surface area contributed by atoms with Crippen LogP contribution in [0.15, 0.2) is 29.3 Å². The monoisotopic (exact) mass is 403 g/mol. The number of aliphatic imine (C=N–C) groups is 1. The fourth-order valence-electron chi connectivity index (χ4n) is 2.38. The van der Waals surface area contributed by atoms with E-state index in [0.717, 1.165) is 18.9 Å². The van der Waals surface area contributed by atoms with Crippen molar-refractivity contribution in [2.45, 2.75) is 13.3 Å². The zero-order valence-corrected chi connectivity index (χ0v) is 15.0. The summed E-state index contributed by atoms with van der Waals surface area (Å²) >= 11 is 0. The summed E-state index contributed by atoms with van der Waals surface area (Å²) in [5, 5.41) is 3.24. The van der Waals surface area contributed by atoms with Gasteiger partial charge >= 0.3 is 5.97 Å². The van der Waals surface area contributed by atoms with Crippen LogP contribution in [-0.2, 0) is 16.0 Å². The number of ether oxygens (including phenoxy) is 1. The van der Waals surface area contributed by atoms with Crippen molar-refractivity contribution in [3.05, 3.63) is 29.8 Å². The van der Waals surface area contributed by atoms with Gasteiger partial charge in [0.25, 0.3) is 0 Å². The van der Waals surface area contributed by atoms with Crippen LogP contribution >= 0.6 is 24.0 Å². The summed E-state index contributed by atoms with van der Waals surface area (Å²) in [6, 6.07) is 8.32. The van der Waals surface area contributed by atoms with Crippen molar-refractivity contribution in [1.82, 2.24) is 5.32 Å². The van der Waals surface area contributed by atoms with Crippen molar-refractivity contribution < 1.29 is 9.53 Å². The van der Waals surface area contributed by atoms with Crippen molar-refractivity contribution in [3.63, 3.8) is 0 Å². The Labute approximate surface area is 142 Å². The van der Waals surface area contributed by atoms with Crippen LogP contribution in [0.25, 0.3) is 0 Å². The van der Waals surface area contributed by atoms with Gasteiger partial charge in [-0.1, -0.05) is 25.1 Å². The van der Waals surface area contributed by atoms with Crippen LogP contribution in [0, 0.1) is 5.92 Å². The Balaban J connectivity index is 0.00000220. The molecule has 1 N–H and O–H groups in total. The van der Waals surface area contributed by atoms with Gasteiger partial charge in [0, 0.05) is 25.8 Å². The molecule has 0 radical (unpaired) electrons. The lowest BCUT2D eigenvalue weighted by Crippen LogP contribution is -2.43. The van der Waals surface area contributed by atoms with Gasteiger partial charge in [0.1, 0.15) is 0 Å². The van der Waals surface area contributed by atoms with E-state index in [4.69, 9.17) is 4.74 Å². The van der Waals surface area contributed by atoms with Gasteiger partial charge in [-0.15, -0.1) is 24.0 Å². The number of methoxy groups -OCH3 is 1. The number of halogens is 1. The molecular weight excluding hydrogens is 381 g/mol. The second kappa shape index (κ2) is 8.21. The molecule has 0 saturated heterocycles. The summed E-state index contributed by atoms with van der Waals surface area (Å²) in [5.74, 6) is 0.384. The molecule has 116 valence electrons. The number of hydrogen-bond donors (Lipinski definition) is 1. The van der Waals surface area contributed by atoms with E-state index in [1.165, 1.54) is 18.4 Å². The van der Waals surface area contributed by atoms with Crippen molar-refractivity contribution in [1.29, 1.82) is 0 Å². The summed E-state index contributed by atoms with van der Waals surface area (Å²) in [7, 11) is 3.16. The number of carbonyl (C=O) groups is 1. The maximum atomic E-state index is 11.4. The quantitative estimate of drug-likeness (QED) is 0.363. The minimum Gasteiger partial charge on any atom is -0.469 e. The summed E-state index contributed by atoms with van der Waals surface area (Å²) < 4.78 is 4.73. The van der Waals surface area contributed by atoms with Crippen LogP contribution in [0.1, 0.15) is 12.5 Å². The highest BCUT2D eigenvalue weighted by atomic mass is 127. The smallest absolute Gasteiger partial charge is 0.310 e. The average molecular weight is 403 g/mol. The molecule has 0 aliphatic carbocycles. The third kappa shape index (κ3) is 4.09. The molecule has 1 heterocycles. The average Bonchev–Trinajstić information content (AvgIpc) is 2.91. The Bertz CT molecular complexity index is 519. The molecule has 5 nitrogen and oxygen atoms in total. The maximum absolute atomic E-state index is 11.4. The van der Waals surface area contributed by atoms with E-state index in [1.807, 2.05) is 13.0 Å². The number of para-hydroxylation sites is 1. The van der Waals surface area contributed by atoms with Crippen LogP contribution in [0.5, 0.6) is 0 Å². The van der Waals surface area contributed by atoms with E-state index in [-0.39, 0.29) is 35.9 Å². The first kappa shape index (κ1) is 17.7. The second-order valence-electron chi connectivity index (χ2n) is 4.88. The van der Waals surface area contributed by atoms with Gasteiger partial charge in [-0.25, -0.2) is 0 Å². The van der Waals surface area contributed by atoms with Crippen molar-refractivity contribution in [3.8, 4) is 0 Å². The Morgan fingerprint density at radius 1 is 1.48 bits per heavy atom. The molecule has 0 fully saturated rings. The predicted octanol–water partition coefficient (Wildman–Crippen LogP) is 2.05. The molecular formula is C15H22IN3O2. The first-order valence-electron chi connectivity index (χ1n) is 6.81. The minimum atomic E-state index is -0.213. The molecule has 1 aromatic carbocycles. The molecule has 6 heteroatoms. The van der Waals surface area contributed by atoms with Crippen molar-refractivity contribution in [2.75, 3.05) is 32.1 Å². The molecule has 2 rings (SSSR count). The molecule has 0 aromatic heterocycles. The molecule has 0 bridgehead atoms. The zero-order chi connectivity index (χ0) is 14.5. The number of hydrogen-bond acceptors (Lipinski definition) is 3. The van der Waals surface area contributed by atoms with E-state index in [0.29, 0.717) is 6.54 Å². The number of esters is 1. The number of benzene rings is 1. The third-order valence-corrected chi connectivity index (χ3v) is 3.52. The second-order valence-corrected chi connectivity index (χ2v) is 4.88. The van der Waals surface area contributed by atoms with Crippen molar-refractivity contribution in [2.24, 2.45) is 10.9 Å². The van der Waals surface area contributed by atoms with Gasteiger partial charge in [0.15, 0.2) is 5.96 Å². The van der Waals surface area contributed by atoms with Crippen LogP contribution < -0.4 is 10.2 Å². The van der Waals surface area contributed by atoms with Crippen molar-refractivity contribution >= 4 is 41.6 Å². The lowest BCUT2D eigenvalue weighted by Gasteiger charge is -2.23. The summed E-state index contributed by atoms with van der Waals surface area (Å²) in [5.41, 5.74) is 2.52. The number of rotatable bonds is 3. The van der Waals surface area contributed by atoms with Crippen LogP contribution in [0.3, 0.4) is 0 Å². The fraction of sp³-hybridized carbons (Fsp3) is 0.467. The highest BCUT2D eigenvalue weighted by Crippen LogP contribution is 2.27. The zero-order valence-electron chi connectivity index (χ0n) is 12.6. The lowest BCUT2D eigenvalue weighted by molar-refractivity contribution is -0.144. The first-order chi connectivity index (χ1) is 9.67. The maximum Gasteiger partial charge on any atom is 0.310 e. The summed E-state index contributed by atoms with van der Waals surface area (Å²) in [6.07, 6.45) is 1.02. The number of nitrogens with one attached hydrogen (secondary N) is 1. The minimum absolute atomic E-state index is 0. The number of guanidine groups is 1. The van der Waals surface area contributed by atoms with Gasteiger partial charge < -0.3 is 15.0 Å². The largest absolute Gasteiger partial charge is 0.469 e. The Kier molecular flexibility index (Phi) is 6.94. The number of fused-ring (bicyclic) bond motifs is 1. The third-order valence-electron chi connectivity index (χ3n) is 3.52. The molecule has 1 aliphatic heterocycles. The lowest BCUT2D eigenvalue weighted by atomic mass is 10.2. The molecule has 1 unspecified atom stereocenters. The molecule has 0 saturated carbocycles. The van der Waals surface area contributed by atoms with Gasteiger partial charge in [0.2, 0.25) is 0 Å².